The summed E-state index contributed by atoms with van der Waals surface area (Å²) in [6.07, 6.45) is 0. The van der Waals surface area contributed by atoms with Gasteiger partial charge in [0.25, 0.3) is 0 Å². The summed E-state index contributed by atoms with van der Waals surface area (Å²) in [5.74, 6) is -0.387. The lowest BCUT2D eigenvalue weighted by molar-refractivity contribution is 0.1000. The molecule has 0 fully saturated rings. The van der Waals surface area contributed by atoms with Crippen molar-refractivity contribution in [2.24, 2.45) is 5.73 Å². The second-order valence-electron chi connectivity index (χ2n) is 3.78. The van der Waals surface area contributed by atoms with E-state index in [4.69, 9.17) is 5.73 Å². The average molecular weight is 246 g/mol. The number of hydrogen-bond acceptors (Lipinski definition) is 3. The highest BCUT2D eigenvalue weighted by Crippen LogP contribution is 2.20. The van der Waals surface area contributed by atoms with E-state index < -0.39 is 0 Å². The normalized spacial score (nSPS) is 10.2. The van der Waals surface area contributed by atoms with Crippen molar-refractivity contribution < 1.29 is 4.79 Å². The minimum Gasteiger partial charge on any atom is -0.380 e. The van der Waals surface area contributed by atoms with Crippen LogP contribution in [-0.4, -0.2) is 5.91 Å². The molecule has 0 atom stereocenters. The SMILES string of the molecule is Cc1c(NCc2cccs2)cccc1C(N)=O. The van der Waals surface area contributed by atoms with Gasteiger partial charge in [0.1, 0.15) is 0 Å². The highest BCUT2D eigenvalue weighted by atomic mass is 32.1. The Morgan fingerprint density at radius 3 is 2.82 bits per heavy atom. The Kier molecular flexibility index (Phi) is 3.44. The number of nitrogens with two attached hydrogens (primary N) is 1. The first-order valence-electron chi connectivity index (χ1n) is 5.34. The Morgan fingerprint density at radius 2 is 2.18 bits per heavy atom. The maximum atomic E-state index is 11.2. The standard InChI is InChI=1S/C13H14N2OS/c1-9-11(13(14)16)5-2-6-12(9)15-8-10-4-3-7-17-10/h2-7,15H,8H2,1H3,(H2,14,16). The van der Waals surface area contributed by atoms with E-state index in [0.717, 1.165) is 17.8 Å². The number of nitrogens with one attached hydrogen (secondary N) is 1. The summed E-state index contributed by atoms with van der Waals surface area (Å²) in [5, 5.41) is 5.36. The summed E-state index contributed by atoms with van der Waals surface area (Å²) in [7, 11) is 0. The molecule has 0 saturated heterocycles. The van der Waals surface area contributed by atoms with Crippen LogP contribution in [0.15, 0.2) is 35.7 Å². The fraction of sp³-hybridized carbons (Fsp3) is 0.154. The van der Waals surface area contributed by atoms with Crippen LogP contribution in [-0.2, 0) is 6.54 Å². The summed E-state index contributed by atoms with van der Waals surface area (Å²) >= 11 is 1.70. The third kappa shape index (κ3) is 2.65. The minimum absolute atomic E-state index is 0.387. The predicted octanol–water partition coefficient (Wildman–Crippen LogP) is 2.77. The van der Waals surface area contributed by atoms with E-state index in [9.17, 15) is 4.79 Å². The summed E-state index contributed by atoms with van der Waals surface area (Å²) in [5.41, 5.74) is 7.73. The third-order valence-corrected chi connectivity index (χ3v) is 3.51. The van der Waals surface area contributed by atoms with Gasteiger partial charge in [-0.1, -0.05) is 12.1 Å². The van der Waals surface area contributed by atoms with Crippen molar-refractivity contribution in [3.05, 3.63) is 51.7 Å². The van der Waals surface area contributed by atoms with E-state index in [-0.39, 0.29) is 5.91 Å². The molecule has 0 radical (unpaired) electrons. The quantitative estimate of drug-likeness (QED) is 0.871. The summed E-state index contributed by atoms with van der Waals surface area (Å²) in [6, 6.07) is 9.63. The molecule has 0 spiro atoms. The van der Waals surface area contributed by atoms with Gasteiger partial charge in [0.2, 0.25) is 5.91 Å². The number of carbonyl (C=O) groups is 1. The molecule has 1 aromatic heterocycles. The van der Waals surface area contributed by atoms with Crippen LogP contribution >= 0.6 is 11.3 Å². The smallest absolute Gasteiger partial charge is 0.249 e. The first-order chi connectivity index (χ1) is 8.18. The first-order valence-corrected chi connectivity index (χ1v) is 6.22. The maximum Gasteiger partial charge on any atom is 0.249 e. The van der Waals surface area contributed by atoms with Crippen LogP contribution in [0.2, 0.25) is 0 Å². The number of carbonyl (C=O) groups excluding carboxylic acids is 1. The predicted molar refractivity (Wildman–Crippen MR) is 71.3 cm³/mol. The van der Waals surface area contributed by atoms with Crippen molar-refractivity contribution in [3.8, 4) is 0 Å². The molecule has 0 bridgehead atoms. The number of anilines is 1. The molecule has 3 nitrogen and oxygen atoms in total. The molecule has 2 rings (SSSR count). The van der Waals surface area contributed by atoms with E-state index in [2.05, 4.69) is 11.4 Å². The number of benzene rings is 1. The molecular weight excluding hydrogens is 232 g/mol. The highest BCUT2D eigenvalue weighted by molar-refractivity contribution is 7.09. The Labute approximate surface area is 104 Å². The molecule has 1 heterocycles. The molecule has 88 valence electrons. The molecule has 3 N–H and O–H groups in total. The van der Waals surface area contributed by atoms with Crippen molar-refractivity contribution in [1.82, 2.24) is 0 Å². The van der Waals surface area contributed by atoms with Gasteiger partial charge < -0.3 is 11.1 Å². The monoisotopic (exact) mass is 246 g/mol. The van der Waals surface area contributed by atoms with E-state index in [0.29, 0.717) is 5.56 Å². The fourth-order valence-electron chi connectivity index (χ4n) is 1.69. The topological polar surface area (TPSA) is 55.1 Å². The van der Waals surface area contributed by atoms with Crippen LogP contribution < -0.4 is 11.1 Å². The number of thiophene rings is 1. The Bertz CT molecular complexity index is 520. The molecule has 1 amide bonds. The highest BCUT2D eigenvalue weighted by Gasteiger charge is 2.07. The Morgan fingerprint density at radius 1 is 1.35 bits per heavy atom. The van der Waals surface area contributed by atoms with Gasteiger partial charge in [0, 0.05) is 22.7 Å². The van der Waals surface area contributed by atoms with Crippen LogP contribution in [0.5, 0.6) is 0 Å². The lowest BCUT2D eigenvalue weighted by Gasteiger charge is -2.10. The Hall–Kier alpha value is -1.81. The second-order valence-corrected chi connectivity index (χ2v) is 4.81. The molecule has 0 aliphatic heterocycles. The molecule has 0 aliphatic rings. The number of amides is 1. The molecule has 17 heavy (non-hydrogen) atoms. The zero-order valence-corrected chi connectivity index (χ0v) is 10.4. The largest absolute Gasteiger partial charge is 0.380 e. The lowest BCUT2D eigenvalue weighted by Crippen LogP contribution is -2.13. The van der Waals surface area contributed by atoms with Gasteiger partial charge in [-0.3, -0.25) is 4.79 Å². The maximum absolute atomic E-state index is 11.2. The van der Waals surface area contributed by atoms with Crippen molar-refractivity contribution in [1.29, 1.82) is 0 Å². The molecule has 0 saturated carbocycles. The van der Waals surface area contributed by atoms with Crippen LogP contribution in [0.4, 0.5) is 5.69 Å². The Balaban J connectivity index is 2.16. The van der Waals surface area contributed by atoms with Crippen molar-refractivity contribution in [2.45, 2.75) is 13.5 Å². The van der Waals surface area contributed by atoms with Crippen LogP contribution in [0.3, 0.4) is 0 Å². The van der Waals surface area contributed by atoms with Gasteiger partial charge in [0.15, 0.2) is 0 Å². The summed E-state index contributed by atoms with van der Waals surface area (Å²) in [4.78, 5) is 12.5. The average Bonchev–Trinajstić information content (AvgIpc) is 2.80. The molecule has 2 aromatic rings. The minimum atomic E-state index is -0.387. The third-order valence-electron chi connectivity index (χ3n) is 2.63. The van der Waals surface area contributed by atoms with Gasteiger partial charge in [-0.2, -0.15) is 0 Å². The van der Waals surface area contributed by atoms with E-state index in [1.54, 1.807) is 17.4 Å². The van der Waals surface area contributed by atoms with Crippen LogP contribution in [0, 0.1) is 6.92 Å². The van der Waals surface area contributed by atoms with E-state index in [1.807, 2.05) is 30.5 Å². The zero-order valence-electron chi connectivity index (χ0n) is 9.57. The van der Waals surface area contributed by atoms with Gasteiger partial charge in [0.05, 0.1) is 0 Å². The van der Waals surface area contributed by atoms with Gasteiger partial charge >= 0.3 is 0 Å². The van der Waals surface area contributed by atoms with Crippen molar-refractivity contribution >= 4 is 22.9 Å². The van der Waals surface area contributed by atoms with Gasteiger partial charge in [-0.05, 0) is 36.1 Å². The van der Waals surface area contributed by atoms with Crippen molar-refractivity contribution in [2.75, 3.05) is 5.32 Å². The van der Waals surface area contributed by atoms with Crippen LogP contribution in [0.1, 0.15) is 20.8 Å². The van der Waals surface area contributed by atoms with E-state index >= 15 is 0 Å². The number of rotatable bonds is 4. The lowest BCUT2D eigenvalue weighted by atomic mass is 10.1. The van der Waals surface area contributed by atoms with Crippen LogP contribution in [0.25, 0.3) is 0 Å². The molecule has 4 heteroatoms. The zero-order chi connectivity index (χ0) is 12.3. The molecular formula is C13H14N2OS. The summed E-state index contributed by atoms with van der Waals surface area (Å²) in [6.45, 7) is 2.66. The second kappa shape index (κ2) is 5.01. The van der Waals surface area contributed by atoms with Crippen molar-refractivity contribution in [3.63, 3.8) is 0 Å². The van der Waals surface area contributed by atoms with Gasteiger partial charge in [-0.15, -0.1) is 11.3 Å². The molecule has 0 aliphatic carbocycles. The number of hydrogen-bond donors (Lipinski definition) is 2. The van der Waals surface area contributed by atoms with Gasteiger partial charge in [-0.25, -0.2) is 0 Å². The molecule has 1 aromatic carbocycles. The summed E-state index contributed by atoms with van der Waals surface area (Å²) < 4.78 is 0. The number of primary amides is 1. The van der Waals surface area contributed by atoms with E-state index in [1.165, 1.54) is 4.88 Å². The molecule has 0 unspecified atom stereocenters. The fourth-order valence-corrected chi connectivity index (χ4v) is 2.33. The first kappa shape index (κ1) is 11.7.